The first-order valence-electron chi connectivity index (χ1n) is 6.52. The highest BCUT2D eigenvalue weighted by Gasteiger charge is 2.27. The van der Waals surface area contributed by atoms with Crippen LogP contribution in [0.2, 0.25) is 0 Å². The van der Waals surface area contributed by atoms with Crippen molar-refractivity contribution in [2.24, 2.45) is 5.41 Å². The average molecular weight is 248 g/mol. The van der Waals surface area contributed by atoms with E-state index in [0.29, 0.717) is 12.1 Å². The van der Waals surface area contributed by atoms with E-state index < -0.39 is 0 Å². The van der Waals surface area contributed by atoms with Crippen molar-refractivity contribution in [3.05, 3.63) is 24.0 Å². The Morgan fingerprint density at radius 1 is 1.44 bits per heavy atom. The van der Waals surface area contributed by atoms with E-state index in [1.807, 2.05) is 0 Å². The highest BCUT2D eigenvalue weighted by atomic mass is 16.3. The maximum absolute atomic E-state index is 12.0. The zero-order valence-electron chi connectivity index (χ0n) is 10.8. The summed E-state index contributed by atoms with van der Waals surface area (Å²) in [6.07, 6.45) is 8.91. The number of amides is 1. The highest BCUT2D eigenvalue weighted by Crippen LogP contribution is 2.35. The first kappa shape index (κ1) is 12.9. The molecule has 0 unspecified atom stereocenters. The summed E-state index contributed by atoms with van der Waals surface area (Å²) in [7, 11) is 0. The monoisotopic (exact) mass is 248 g/mol. The second-order valence-corrected chi connectivity index (χ2v) is 5.45. The molecule has 1 heterocycles. The largest absolute Gasteiger partial charge is 0.505 e. The van der Waals surface area contributed by atoms with Crippen molar-refractivity contribution < 1.29 is 9.90 Å². The van der Waals surface area contributed by atoms with E-state index in [0.717, 1.165) is 12.8 Å². The zero-order chi connectivity index (χ0) is 13.0. The van der Waals surface area contributed by atoms with Crippen LogP contribution in [0.4, 0.5) is 0 Å². The van der Waals surface area contributed by atoms with Gasteiger partial charge in [-0.05, 0) is 24.3 Å². The third kappa shape index (κ3) is 3.00. The summed E-state index contributed by atoms with van der Waals surface area (Å²) < 4.78 is 0. The summed E-state index contributed by atoms with van der Waals surface area (Å²) in [6.45, 7) is 2.90. The predicted molar refractivity (Wildman–Crippen MR) is 69.4 cm³/mol. The topological polar surface area (TPSA) is 62.2 Å². The quantitative estimate of drug-likeness (QED) is 0.863. The Labute approximate surface area is 107 Å². The van der Waals surface area contributed by atoms with Crippen molar-refractivity contribution in [3.63, 3.8) is 0 Å². The van der Waals surface area contributed by atoms with Crippen molar-refractivity contribution >= 4 is 5.91 Å². The smallest absolute Gasteiger partial charge is 0.255 e. The average Bonchev–Trinajstić information content (AvgIpc) is 2.38. The van der Waals surface area contributed by atoms with Crippen LogP contribution in [-0.4, -0.2) is 22.5 Å². The normalized spacial score (nSPS) is 18.3. The number of nitrogens with zero attached hydrogens (tertiary/aromatic N) is 1. The van der Waals surface area contributed by atoms with Crippen molar-refractivity contribution in [1.82, 2.24) is 10.3 Å². The van der Waals surface area contributed by atoms with Gasteiger partial charge in [0.1, 0.15) is 5.75 Å². The molecule has 0 radical (unpaired) electrons. The first-order valence-corrected chi connectivity index (χ1v) is 6.52. The van der Waals surface area contributed by atoms with E-state index in [1.54, 1.807) is 0 Å². The van der Waals surface area contributed by atoms with Crippen molar-refractivity contribution in [3.8, 4) is 5.75 Å². The number of carbonyl (C=O) groups is 1. The van der Waals surface area contributed by atoms with Gasteiger partial charge >= 0.3 is 0 Å². The molecule has 1 fully saturated rings. The van der Waals surface area contributed by atoms with Gasteiger partial charge in [-0.15, -0.1) is 0 Å². The molecular formula is C14H20N2O2. The van der Waals surface area contributed by atoms with E-state index in [-0.39, 0.29) is 17.1 Å². The molecule has 4 heteroatoms. The molecule has 1 aliphatic carbocycles. The number of pyridine rings is 1. The minimum Gasteiger partial charge on any atom is -0.505 e. The van der Waals surface area contributed by atoms with Gasteiger partial charge in [-0.25, -0.2) is 0 Å². The summed E-state index contributed by atoms with van der Waals surface area (Å²) in [4.78, 5) is 15.7. The molecule has 1 amide bonds. The van der Waals surface area contributed by atoms with Gasteiger partial charge in [0.15, 0.2) is 0 Å². The Balaban J connectivity index is 1.94. The minimum absolute atomic E-state index is 0.0659. The number of hydrogen-bond acceptors (Lipinski definition) is 3. The second kappa shape index (κ2) is 5.38. The molecule has 1 aliphatic rings. The van der Waals surface area contributed by atoms with Crippen LogP contribution in [0, 0.1) is 5.41 Å². The molecule has 0 atom stereocenters. The number of aromatic hydroxyl groups is 1. The fraction of sp³-hybridized carbons (Fsp3) is 0.571. The molecule has 1 aromatic heterocycles. The molecule has 1 saturated carbocycles. The van der Waals surface area contributed by atoms with Gasteiger partial charge < -0.3 is 10.4 Å². The van der Waals surface area contributed by atoms with Gasteiger partial charge in [0.05, 0.1) is 11.8 Å². The number of carbonyl (C=O) groups excluding carboxylic acids is 1. The maximum atomic E-state index is 12.0. The van der Waals surface area contributed by atoms with Gasteiger partial charge in [-0.2, -0.15) is 0 Å². The first-order chi connectivity index (χ1) is 8.61. The van der Waals surface area contributed by atoms with Crippen molar-refractivity contribution in [1.29, 1.82) is 0 Å². The Hall–Kier alpha value is -1.58. The number of aromatic nitrogens is 1. The van der Waals surface area contributed by atoms with Crippen LogP contribution in [0.5, 0.6) is 5.75 Å². The summed E-state index contributed by atoms with van der Waals surface area (Å²) in [6, 6.07) is 1.54. The van der Waals surface area contributed by atoms with Crippen LogP contribution >= 0.6 is 0 Å². The second-order valence-electron chi connectivity index (χ2n) is 5.45. The van der Waals surface area contributed by atoms with Crippen LogP contribution in [0.3, 0.4) is 0 Å². The SMILES string of the molecule is CC1(CNC(=O)c2ccncc2O)CCCCC1. The molecule has 2 rings (SSSR count). The highest BCUT2D eigenvalue weighted by molar-refractivity contribution is 5.96. The lowest BCUT2D eigenvalue weighted by molar-refractivity contribution is 0.0916. The van der Waals surface area contributed by atoms with Gasteiger partial charge in [0.25, 0.3) is 5.91 Å². The maximum Gasteiger partial charge on any atom is 0.255 e. The Bertz CT molecular complexity index is 426. The Morgan fingerprint density at radius 2 is 2.17 bits per heavy atom. The van der Waals surface area contributed by atoms with Gasteiger partial charge in [0, 0.05) is 12.7 Å². The lowest BCUT2D eigenvalue weighted by Gasteiger charge is -2.33. The summed E-state index contributed by atoms with van der Waals surface area (Å²) in [5, 5.41) is 12.5. The van der Waals surface area contributed by atoms with Gasteiger partial charge in [-0.1, -0.05) is 26.2 Å². The summed E-state index contributed by atoms with van der Waals surface area (Å²) >= 11 is 0. The molecule has 18 heavy (non-hydrogen) atoms. The van der Waals surface area contributed by atoms with Crippen LogP contribution in [0.1, 0.15) is 49.4 Å². The van der Waals surface area contributed by atoms with E-state index in [1.165, 1.54) is 37.7 Å². The zero-order valence-corrected chi connectivity index (χ0v) is 10.8. The molecule has 0 saturated heterocycles. The van der Waals surface area contributed by atoms with E-state index in [2.05, 4.69) is 17.2 Å². The third-order valence-electron chi connectivity index (χ3n) is 3.78. The fourth-order valence-electron chi connectivity index (χ4n) is 2.55. The molecule has 0 aliphatic heterocycles. The van der Waals surface area contributed by atoms with Crippen LogP contribution in [0.15, 0.2) is 18.5 Å². The fourth-order valence-corrected chi connectivity index (χ4v) is 2.55. The molecule has 0 aromatic carbocycles. The standard InChI is InChI=1S/C14H20N2O2/c1-14(6-3-2-4-7-14)10-16-13(18)11-5-8-15-9-12(11)17/h5,8-9,17H,2-4,6-7,10H2,1H3,(H,16,18). The van der Waals surface area contributed by atoms with Crippen LogP contribution in [0.25, 0.3) is 0 Å². The van der Waals surface area contributed by atoms with E-state index in [9.17, 15) is 9.90 Å². The number of rotatable bonds is 3. The van der Waals surface area contributed by atoms with Crippen molar-refractivity contribution in [2.75, 3.05) is 6.54 Å². The number of hydrogen-bond donors (Lipinski definition) is 2. The van der Waals surface area contributed by atoms with Crippen LogP contribution in [-0.2, 0) is 0 Å². The van der Waals surface area contributed by atoms with E-state index in [4.69, 9.17) is 0 Å². The van der Waals surface area contributed by atoms with Gasteiger partial charge in [0.2, 0.25) is 0 Å². The Morgan fingerprint density at radius 3 is 2.83 bits per heavy atom. The molecule has 4 nitrogen and oxygen atoms in total. The molecule has 98 valence electrons. The lowest BCUT2D eigenvalue weighted by atomic mass is 9.76. The predicted octanol–water partition coefficient (Wildman–Crippen LogP) is 2.49. The molecule has 1 aromatic rings. The molecule has 0 spiro atoms. The number of nitrogens with one attached hydrogen (secondary N) is 1. The molecular weight excluding hydrogens is 228 g/mol. The van der Waals surface area contributed by atoms with Gasteiger partial charge in [-0.3, -0.25) is 9.78 Å². The molecule has 0 bridgehead atoms. The third-order valence-corrected chi connectivity index (χ3v) is 3.78. The summed E-state index contributed by atoms with van der Waals surface area (Å²) in [5.74, 6) is -0.287. The lowest BCUT2D eigenvalue weighted by Crippen LogP contribution is -2.37. The minimum atomic E-state index is -0.221. The van der Waals surface area contributed by atoms with Crippen LogP contribution < -0.4 is 5.32 Å². The van der Waals surface area contributed by atoms with Crippen molar-refractivity contribution in [2.45, 2.75) is 39.0 Å². The molecule has 2 N–H and O–H groups in total. The van der Waals surface area contributed by atoms with E-state index >= 15 is 0 Å². The Kier molecular flexibility index (Phi) is 3.84. The summed E-state index contributed by atoms with van der Waals surface area (Å²) in [5.41, 5.74) is 0.501.